The Labute approximate surface area is 144 Å². The number of hydrogen-bond donors (Lipinski definition) is 0. The van der Waals surface area contributed by atoms with E-state index < -0.39 is 11.2 Å². The Hall–Kier alpha value is -1.44. The van der Waals surface area contributed by atoms with Gasteiger partial charge in [0.1, 0.15) is 0 Å². The lowest BCUT2D eigenvalue weighted by Crippen LogP contribution is -2.39. The summed E-state index contributed by atoms with van der Waals surface area (Å²) in [5, 5.41) is 4.14. The molecule has 2 heterocycles. The van der Waals surface area contributed by atoms with E-state index in [9.17, 15) is 13.6 Å². The van der Waals surface area contributed by atoms with Gasteiger partial charge in [-0.3, -0.25) is 4.79 Å². The van der Waals surface area contributed by atoms with Gasteiger partial charge in [-0.1, -0.05) is 23.2 Å². The SMILES string of the molecule is O=C(c1ccc(Cl)cc1Cl)N1CCn2c(nnc2C(F)(F)Cl)C1. The first-order valence-electron chi connectivity index (χ1n) is 6.51. The van der Waals surface area contributed by atoms with Gasteiger partial charge in [-0.25, -0.2) is 0 Å². The molecule has 1 aromatic heterocycles. The second kappa shape index (κ2) is 5.89. The number of benzene rings is 1. The van der Waals surface area contributed by atoms with Crippen LogP contribution in [-0.2, 0) is 18.5 Å². The Morgan fingerprint density at radius 3 is 2.61 bits per heavy atom. The van der Waals surface area contributed by atoms with Crippen LogP contribution in [0.1, 0.15) is 22.0 Å². The van der Waals surface area contributed by atoms with Crippen LogP contribution >= 0.6 is 34.8 Å². The molecule has 122 valence electrons. The van der Waals surface area contributed by atoms with Crippen LogP contribution in [0.4, 0.5) is 8.78 Å². The van der Waals surface area contributed by atoms with Crippen LogP contribution in [0.15, 0.2) is 18.2 Å². The van der Waals surface area contributed by atoms with Crippen molar-refractivity contribution in [2.75, 3.05) is 6.54 Å². The minimum absolute atomic E-state index is 0.0394. The number of amides is 1. The van der Waals surface area contributed by atoms with Crippen molar-refractivity contribution < 1.29 is 13.6 Å². The van der Waals surface area contributed by atoms with Gasteiger partial charge in [0.2, 0.25) is 5.82 Å². The average Bonchev–Trinajstić information content (AvgIpc) is 2.89. The predicted octanol–water partition coefficient (Wildman–Crippen LogP) is 3.53. The minimum atomic E-state index is -3.60. The van der Waals surface area contributed by atoms with Gasteiger partial charge in [0, 0.05) is 18.1 Å². The standard InChI is InChI=1S/C13H9Cl3F2N4O/c14-7-1-2-8(9(15)5-7)11(23)21-3-4-22-10(6-21)19-20-12(22)13(16,17)18/h1-2,5H,3-4,6H2. The molecule has 0 radical (unpaired) electrons. The maximum Gasteiger partial charge on any atom is 0.381 e. The summed E-state index contributed by atoms with van der Waals surface area (Å²) in [5.41, 5.74) is 0.284. The summed E-state index contributed by atoms with van der Waals surface area (Å²) in [6.07, 6.45) is 0. The summed E-state index contributed by atoms with van der Waals surface area (Å²) in [6, 6.07) is 4.54. The van der Waals surface area contributed by atoms with Crippen molar-refractivity contribution in [2.24, 2.45) is 0 Å². The van der Waals surface area contributed by atoms with E-state index in [4.69, 9.17) is 34.8 Å². The molecule has 0 saturated carbocycles. The molecule has 0 saturated heterocycles. The second-order valence-electron chi connectivity index (χ2n) is 4.94. The molecule has 0 aliphatic carbocycles. The van der Waals surface area contributed by atoms with Gasteiger partial charge < -0.3 is 9.47 Å². The number of fused-ring (bicyclic) bond motifs is 1. The Morgan fingerprint density at radius 2 is 1.96 bits per heavy atom. The van der Waals surface area contributed by atoms with Crippen LogP contribution in [0, 0.1) is 0 Å². The first kappa shape index (κ1) is 16.4. The average molecular weight is 382 g/mol. The van der Waals surface area contributed by atoms with E-state index in [1.807, 2.05) is 0 Å². The van der Waals surface area contributed by atoms with Crippen LogP contribution < -0.4 is 0 Å². The number of halogens is 5. The van der Waals surface area contributed by atoms with Gasteiger partial charge in [-0.2, -0.15) is 8.78 Å². The molecule has 0 spiro atoms. The Balaban J connectivity index is 1.85. The van der Waals surface area contributed by atoms with E-state index in [2.05, 4.69) is 10.2 Å². The highest BCUT2D eigenvalue weighted by Gasteiger charge is 2.37. The zero-order chi connectivity index (χ0) is 16.8. The summed E-state index contributed by atoms with van der Waals surface area (Å²) in [5.74, 6) is -0.712. The highest BCUT2D eigenvalue weighted by molar-refractivity contribution is 6.36. The Bertz CT molecular complexity index is 775. The lowest BCUT2D eigenvalue weighted by atomic mass is 10.2. The molecule has 0 unspecified atom stereocenters. The first-order chi connectivity index (χ1) is 10.8. The lowest BCUT2D eigenvalue weighted by Gasteiger charge is -2.28. The maximum atomic E-state index is 13.2. The molecule has 0 N–H and O–H groups in total. The van der Waals surface area contributed by atoms with Gasteiger partial charge in [0.05, 0.1) is 17.1 Å². The van der Waals surface area contributed by atoms with Crippen molar-refractivity contribution in [2.45, 2.75) is 18.5 Å². The van der Waals surface area contributed by atoms with E-state index in [1.54, 1.807) is 6.07 Å². The quantitative estimate of drug-likeness (QED) is 0.748. The van der Waals surface area contributed by atoms with Crippen molar-refractivity contribution in [3.63, 3.8) is 0 Å². The topological polar surface area (TPSA) is 51.0 Å². The fourth-order valence-electron chi connectivity index (χ4n) is 2.37. The molecule has 23 heavy (non-hydrogen) atoms. The van der Waals surface area contributed by atoms with Crippen LogP contribution in [-0.4, -0.2) is 32.1 Å². The molecule has 10 heteroatoms. The third-order valence-electron chi connectivity index (χ3n) is 3.46. The van der Waals surface area contributed by atoms with Crippen molar-refractivity contribution in [3.8, 4) is 0 Å². The molecule has 5 nitrogen and oxygen atoms in total. The zero-order valence-corrected chi connectivity index (χ0v) is 13.7. The van der Waals surface area contributed by atoms with Gasteiger partial charge in [-0.15, -0.1) is 10.2 Å². The van der Waals surface area contributed by atoms with Gasteiger partial charge in [-0.05, 0) is 29.8 Å². The van der Waals surface area contributed by atoms with E-state index in [0.29, 0.717) is 5.02 Å². The normalized spacial score (nSPS) is 14.7. The maximum absolute atomic E-state index is 13.2. The molecule has 0 bridgehead atoms. The largest absolute Gasteiger partial charge is 0.381 e. The van der Waals surface area contributed by atoms with Crippen molar-refractivity contribution in [1.29, 1.82) is 0 Å². The summed E-state index contributed by atoms with van der Waals surface area (Å²) in [6.45, 7) is 0.373. The highest BCUT2D eigenvalue weighted by Crippen LogP contribution is 2.32. The first-order valence-corrected chi connectivity index (χ1v) is 7.64. The highest BCUT2D eigenvalue weighted by atomic mass is 35.5. The molecule has 1 amide bonds. The third kappa shape index (κ3) is 3.13. The molecule has 1 aliphatic rings. The molecular weight excluding hydrogens is 373 g/mol. The van der Waals surface area contributed by atoms with Crippen LogP contribution in [0.2, 0.25) is 10.0 Å². The molecule has 2 aromatic rings. The van der Waals surface area contributed by atoms with Crippen molar-refractivity contribution in [1.82, 2.24) is 19.7 Å². The second-order valence-corrected chi connectivity index (χ2v) is 6.26. The molecular formula is C13H9Cl3F2N4O. The van der Waals surface area contributed by atoms with Crippen molar-refractivity contribution in [3.05, 3.63) is 45.5 Å². The van der Waals surface area contributed by atoms with Crippen LogP contribution in [0.3, 0.4) is 0 Å². The number of aromatic nitrogens is 3. The number of carbonyl (C=O) groups is 1. The van der Waals surface area contributed by atoms with Gasteiger partial charge >= 0.3 is 5.38 Å². The van der Waals surface area contributed by atoms with Gasteiger partial charge in [0.25, 0.3) is 5.91 Å². The van der Waals surface area contributed by atoms with E-state index >= 15 is 0 Å². The summed E-state index contributed by atoms with van der Waals surface area (Å²) < 4.78 is 27.7. The monoisotopic (exact) mass is 380 g/mol. The lowest BCUT2D eigenvalue weighted by molar-refractivity contribution is 0.0662. The zero-order valence-electron chi connectivity index (χ0n) is 11.4. The van der Waals surface area contributed by atoms with E-state index in [0.717, 1.165) is 0 Å². The summed E-state index contributed by atoms with van der Waals surface area (Å²) in [4.78, 5) is 14.0. The Kier molecular flexibility index (Phi) is 4.20. The molecule has 0 fully saturated rings. The molecule has 0 atom stereocenters. The summed E-state index contributed by atoms with van der Waals surface area (Å²) in [7, 11) is 0. The van der Waals surface area contributed by atoms with Gasteiger partial charge in [0.15, 0.2) is 5.82 Å². The predicted molar refractivity (Wildman–Crippen MR) is 81.0 cm³/mol. The number of nitrogens with zero attached hydrogens (tertiary/aromatic N) is 4. The molecule has 3 rings (SSSR count). The van der Waals surface area contributed by atoms with Crippen LogP contribution in [0.25, 0.3) is 0 Å². The number of alkyl halides is 3. The van der Waals surface area contributed by atoms with E-state index in [1.165, 1.54) is 21.6 Å². The van der Waals surface area contributed by atoms with E-state index in [-0.39, 0.29) is 42.0 Å². The molecule has 1 aliphatic heterocycles. The Morgan fingerprint density at radius 1 is 1.22 bits per heavy atom. The fraction of sp³-hybridized carbons (Fsp3) is 0.308. The number of hydrogen-bond acceptors (Lipinski definition) is 3. The van der Waals surface area contributed by atoms with Crippen molar-refractivity contribution >= 4 is 40.7 Å². The molecule has 1 aromatic carbocycles. The number of rotatable bonds is 2. The summed E-state index contributed by atoms with van der Waals surface area (Å²) >= 11 is 16.8. The van der Waals surface area contributed by atoms with Crippen LogP contribution in [0.5, 0.6) is 0 Å². The smallest absolute Gasteiger partial charge is 0.329 e. The minimum Gasteiger partial charge on any atom is -0.329 e. The fourth-order valence-corrected chi connectivity index (χ4v) is 3.00. The third-order valence-corrected chi connectivity index (χ3v) is 4.17. The number of carbonyl (C=O) groups excluding carboxylic acids is 1.